The van der Waals surface area contributed by atoms with Crippen molar-refractivity contribution in [1.82, 2.24) is 20.1 Å². The molecule has 16 heteroatoms. The summed E-state index contributed by atoms with van der Waals surface area (Å²) >= 11 is 0. The Morgan fingerprint density at radius 1 is 0.907 bits per heavy atom. The van der Waals surface area contributed by atoms with Gasteiger partial charge in [-0.15, -0.1) is 0 Å². The lowest BCUT2D eigenvalue weighted by Crippen LogP contribution is -2.34. The minimum Gasteiger partial charge on any atom is -0.366 e. The number of benzene rings is 2. The van der Waals surface area contributed by atoms with E-state index in [0.717, 1.165) is 24.3 Å². The Hall–Kier alpha value is -4.89. The first-order chi connectivity index (χ1) is 20.0. The molecule has 2 aromatic carbocycles. The number of primary amides is 1. The zero-order valence-corrected chi connectivity index (χ0v) is 21.4. The second-order valence-electron chi connectivity index (χ2n) is 9.16. The van der Waals surface area contributed by atoms with Crippen LogP contribution in [0.1, 0.15) is 39.0 Å². The summed E-state index contributed by atoms with van der Waals surface area (Å²) in [7, 11) is 0. The van der Waals surface area contributed by atoms with E-state index in [-0.39, 0.29) is 33.1 Å². The topological polar surface area (TPSA) is 103 Å². The number of hydrogen-bond acceptors (Lipinski definition) is 4. The number of carbonyl (C=O) groups is 2. The van der Waals surface area contributed by atoms with Crippen LogP contribution < -0.4 is 11.1 Å². The van der Waals surface area contributed by atoms with Crippen LogP contribution in [0.2, 0.25) is 0 Å². The summed E-state index contributed by atoms with van der Waals surface area (Å²) in [5.74, 6) is -5.30. The Morgan fingerprint density at radius 3 is 2.19 bits per heavy atom. The van der Waals surface area contributed by atoms with E-state index in [9.17, 15) is 49.1 Å². The minimum atomic E-state index is -5.30. The van der Waals surface area contributed by atoms with Crippen LogP contribution in [-0.4, -0.2) is 26.6 Å². The molecule has 0 aliphatic heterocycles. The summed E-state index contributed by atoms with van der Waals surface area (Å²) in [6.07, 6.45) is -9.71. The first-order valence-corrected chi connectivity index (χ1v) is 12.0. The molecule has 226 valence electrons. The molecular formula is C27H18F9N5O2. The van der Waals surface area contributed by atoms with Gasteiger partial charge in [0.1, 0.15) is 29.7 Å². The van der Waals surface area contributed by atoms with Crippen LogP contribution in [0.3, 0.4) is 0 Å². The van der Waals surface area contributed by atoms with Gasteiger partial charge in [0.2, 0.25) is 5.91 Å². The van der Waals surface area contributed by atoms with Crippen LogP contribution in [-0.2, 0) is 30.1 Å². The van der Waals surface area contributed by atoms with E-state index in [2.05, 4.69) is 15.4 Å². The quantitative estimate of drug-likeness (QED) is 0.252. The number of hydrogen-bond donors (Lipinski definition) is 2. The predicted molar refractivity (Wildman–Crippen MR) is 131 cm³/mol. The number of carbonyl (C=O) groups excluding carboxylic acids is 2. The fourth-order valence-electron chi connectivity index (χ4n) is 4.28. The zero-order chi connectivity index (χ0) is 31.7. The number of aromatic nitrogens is 3. The molecule has 4 aromatic rings. The van der Waals surface area contributed by atoms with Crippen molar-refractivity contribution >= 4 is 11.8 Å². The Morgan fingerprint density at radius 2 is 1.58 bits per heavy atom. The number of nitrogens with two attached hydrogens (primary N) is 1. The van der Waals surface area contributed by atoms with E-state index >= 15 is 0 Å². The molecule has 7 nitrogen and oxygen atoms in total. The molecule has 1 unspecified atom stereocenters. The van der Waals surface area contributed by atoms with Crippen molar-refractivity contribution in [3.8, 4) is 11.1 Å². The average Bonchev–Trinajstić information content (AvgIpc) is 3.33. The Bertz CT molecular complexity index is 1660. The van der Waals surface area contributed by atoms with Gasteiger partial charge >= 0.3 is 12.4 Å². The largest absolute Gasteiger partial charge is 0.435 e. The normalized spacial score (nSPS) is 12.7. The van der Waals surface area contributed by atoms with E-state index in [0.29, 0.717) is 6.07 Å². The van der Waals surface area contributed by atoms with Crippen LogP contribution in [0.5, 0.6) is 0 Å². The zero-order valence-electron chi connectivity index (χ0n) is 21.4. The first-order valence-electron chi connectivity index (χ1n) is 12.0. The van der Waals surface area contributed by atoms with Crippen LogP contribution in [0, 0.1) is 17.5 Å². The number of halogens is 9. The monoisotopic (exact) mass is 615 g/mol. The molecule has 0 spiro atoms. The molecule has 0 aliphatic rings. The molecule has 0 radical (unpaired) electrons. The molecule has 43 heavy (non-hydrogen) atoms. The van der Waals surface area contributed by atoms with Crippen molar-refractivity contribution in [2.75, 3.05) is 0 Å². The van der Waals surface area contributed by atoms with Crippen molar-refractivity contribution in [1.29, 1.82) is 0 Å². The molecule has 0 saturated carbocycles. The molecule has 0 aliphatic carbocycles. The first kappa shape index (κ1) is 31.1. The lowest BCUT2D eigenvalue weighted by molar-refractivity contribution is -0.144. The van der Waals surface area contributed by atoms with Crippen molar-refractivity contribution in [3.63, 3.8) is 0 Å². The number of nitrogens with one attached hydrogen (secondary N) is 1. The molecule has 1 atom stereocenters. The summed E-state index contributed by atoms with van der Waals surface area (Å²) in [5, 5.41) is 5.22. The van der Waals surface area contributed by atoms with E-state index < -0.39 is 77.6 Å². The van der Waals surface area contributed by atoms with E-state index in [4.69, 9.17) is 5.73 Å². The third kappa shape index (κ3) is 7.31. The van der Waals surface area contributed by atoms with Crippen LogP contribution in [0.25, 0.3) is 11.1 Å². The van der Waals surface area contributed by atoms with Gasteiger partial charge in [-0.3, -0.25) is 19.3 Å². The SMILES string of the molecule is NC(=O)c1cc(-c2cccnc2C(Cc2cc(F)cc(F)c2)NC(=O)Cn2nc(C(F)(F)F)cc2C(F)(F)F)ccc1F. The Balaban J connectivity index is 1.76. The summed E-state index contributed by atoms with van der Waals surface area (Å²) in [4.78, 5) is 28.9. The lowest BCUT2D eigenvalue weighted by atomic mass is 9.94. The van der Waals surface area contributed by atoms with Crippen molar-refractivity contribution in [2.24, 2.45) is 5.73 Å². The highest BCUT2D eigenvalue weighted by molar-refractivity contribution is 5.94. The van der Waals surface area contributed by atoms with Gasteiger partial charge < -0.3 is 11.1 Å². The Labute approximate surface area is 236 Å². The number of pyridine rings is 1. The maximum atomic E-state index is 14.1. The summed E-state index contributed by atoms with van der Waals surface area (Å²) in [5.41, 5.74) is 1.22. The highest BCUT2D eigenvalue weighted by Gasteiger charge is 2.42. The van der Waals surface area contributed by atoms with Crippen molar-refractivity contribution < 1.29 is 49.1 Å². The lowest BCUT2D eigenvalue weighted by Gasteiger charge is -2.22. The fourth-order valence-corrected chi connectivity index (χ4v) is 4.28. The maximum absolute atomic E-state index is 14.1. The van der Waals surface area contributed by atoms with Gasteiger partial charge in [-0.05, 0) is 47.9 Å². The van der Waals surface area contributed by atoms with E-state index in [1.807, 2.05) is 0 Å². The number of rotatable bonds is 8. The standard InChI is InChI=1S/C27H18F9N5O2/c28-15-6-13(7-16(29)10-15)8-20(24-17(2-1-5-38-24)14-3-4-19(30)18(9-14)25(37)43)39-23(42)12-41-22(27(34,35)36)11-21(40-41)26(31,32)33/h1-7,9-11,20H,8,12H2,(H2,37,43)(H,39,42). The van der Waals surface area contributed by atoms with Gasteiger partial charge in [0, 0.05) is 23.9 Å². The highest BCUT2D eigenvalue weighted by Crippen LogP contribution is 2.35. The Kier molecular flexibility index (Phi) is 8.50. The minimum absolute atomic E-state index is 0.0363. The predicted octanol–water partition coefficient (Wildman–Crippen LogP) is 5.60. The third-order valence-electron chi connectivity index (χ3n) is 6.06. The molecule has 0 saturated heterocycles. The van der Waals surface area contributed by atoms with Crippen LogP contribution in [0.15, 0.2) is 60.8 Å². The summed E-state index contributed by atoms with van der Waals surface area (Å²) in [6.45, 7) is -1.33. The van der Waals surface area contributed by atoms with Gasteiger partial charge in [-0.2, -0.15) is 31.4 Å². The molecule has 3 N–H and O–H groups in total. The van der Waals surface area contributed by atoms with Gasteiger partial charge in [-0.1, -0.05) is 12.1 Å². The smallest absolute Gasteiger partial charge is 0.366 e. The molecule has 2 aromatic heterocycles. The number of nitrogens with zero attached hydrogens (tertiary/aromatic N) is 3. The second kappa shape index (κ2) is 11.8. The third-order valence-corrected chi connectivity index (χ3v) is 6.06. The number of alkyl halides is 6. The van der Waals surface area contributed by atoms with Gasteiger partial charge in [0.15, 0.2) is 5.69 Å². The van der Waals surface area contributed by atoms with Gasteiger partial charge in [0.25, 0.3) is 5.91 Å². The molecular weight excluding hydrogens is 597 g/mol. The highest BCUT2D eigenvalue weighted by atomic mass is 19.4. The van der Waals surface area contributed by atoms with Gasteiger partial charge in [-0.25, -0.2) is 13.2 Å². The van der Waals surface area contributed by atoms with Gasteiger partial charge in [0.05, 0.1) is 17.3 Å². The van der Waals surface area contributed by atoms with E-state index in [1.54, 1.807) is 0 Å². The van der Waals surface area contributed by atoms with Crippen LogP contribution >= 0.6 is 0 Å². The van der Waals surface area contributed by atoms with Crippen LogP contribution in [0.4, 0.5) is 39.5 Å². The fraction of sp³-hybridized carbons (Fsp3) is 0.185. The summed E-state index contributed by atoms with van der Waals surface area (Å²) in [6, 6.07) is 6.89. The summed E-state index contributed by atoms with van der Waals surface area (Å²) < 4.78 is 121. The second-order valence-corrected chi connectivity index (χ2v) is 9.16. The molecule has 2 heterocycles. The molecule has 4 rings (SSSR count). The number of amides is 2. The van der Waals surface area contributed by atoms with Crippen molar-refractivity contribution in [2.45, 2.75) is 31.4 Å². The maximum Gasteiger partial charge on any atom is 0.435 e. The van der Waals surface area contributed by atoms with E-state index in [1.165, 1.54) is 24.4 Å². The molecule has 0 bridgehead atoms. The molecule has 2 amide bonds. The average molecular weight is 615 g/mol. The van der Waals surface area contributed by atoms with Crippen molar-refractivity contribution in [3.05, 3.63) is 106 Å². The molecule has 0 fully saturated rings.